The number of hydrogen-bond donors (Lipinski definition) is 1. The average molecular weight is 417 g/mol. The van der Waals surface area contributed by atoms with Crippen molar-refractivity contribution in [2.45, 2.75) is 18.8 Å². The van der Waals surface area contributed by atoms with Crippen molar-refractivity contribution in [1.82, 2.24) is 19.9 Å². The lowest BCUT2D eigenvalue weighted by Crippen LogP contribution is -2.39. The molecule has 6 heteroatoms. The summed E-state index contributed by atoms with van der Waals surface area (Å²) in [5.41, 5.74) is 5.36. The quantitative estimate of drug-likeness (QED) is 0.493. The molecule has 2 aromatic carbocycles. The van der Waals surface area contributed by atoms with Gasteiger partial charge in [-0.2, -0.15) is 0 Å². The Morgan fingerprint density at radius 3 is 2.90 bits per heavy atom. The van der Waals surface area contributed by atoms with Gasteiger partial charge >= 0.3 is 0 Å². The summed E-state index contributed by atoms with van der Waals surface area (Å²) in [6, 6.07) is 19.4. The molecule has 2 aromatic heterocycles. The first-order valence-corrected chi connectivity index (χ1v) is 10.5. The van der Waals surface area contributed by atoms with Crippen LogP contribution in [0, 0.1) is 0 Å². The lowest BCUT2D eigenvalue weighted by Gasteiger charge is -2.32. The summed E-state index contributed by atoms with van der Waals surface area (Å²) in [5.74, 6) is 0.278. The number of halogens is 1. The fourth-order valence-electron chi connectivity index (χ4n) is 4.14. The maximum Gasteiger partial charge on any atom is 0.253 e. The van der Waals surface area contributed by atoms with Crippen molar-refractivity contribution < 1.29 is 4.79 Å². The van der Waals surface area contributed by atoms with Gasteiger partial charge in [0.05, 0.1) is 23.1 Å². The molecular formula is C24H21ClN4O. The average Bonchev–Trinajstić information content (AvgIpc) is 3.27. The summed E-state index contributed by atoms with van der Waals surface area (Å²) in [4.78, 5) is 27.3. The zero-order chi connectivity index (χ0) is 20.5. The van der Waals surface area contributed by atoms with E-state index in [0.29, 0.717) is 17.1 Å². The summed E-state index contributed by atoms with van der Waals surface area (Å²) < 4.78 is 0. The van der Waals surface area contributed by atoms with E-state index in [0.717, 1.165) is 47.4 Å². The van der Waals surface area contributed by atoms with Crippen LogP contribution in [-0.2, 0) is 0 Å². The van der Waals surface area contributed by atoms with E-state index in [1.807, 2.05) is 59.5 Å². The van der Waals surface area contributed by atoms with E-state index in [2.05, 4.69) is 16.0 Å². The molecule has 150 valence electrons. The first-order chi connectivity index (χ1) is 14.7. The molecule has 0 radical (unpaired) electrons. The number of benzene rings is 2. The lowest BCUT2D eigenvalue weighted by atomic mass is 9.93. The van der Waals surface area contributed by atoms with Crippen LogP contribution in [0.15, 0.2) is 67.0 Å². The molecule has 1 fully saturated rings. The Morgan fingerprint density at radius 1 is 1.10 bits per heavy atom. The number of H-pyrrole nitrogens is 1. The van der Waals surface area contributed by atoms with E-state index < -0.39 is 0 Å². The number of carbonyl (C=O) groups is 1. The van der Waals surface area contributed by atoms with Crippen molar-refractivity contribution >= 4 is 28.5 Å². The second-order valence-corrected chi connectivity index (χ2v) is 8.12. The molecule has 3 heterocycles. The molecule has 1 amide bonds. The van der Waals surface area contributed by atoms with Gasteiger partial charge in [-0.05, 0) is 55.3 Å². The van der Waals surface area contributed by atoms with Crippen LogP contribution in [0.25, 0.3) is 22.3 Å². The first-order valence-electron chi connectivity index (χ1n) is 10.1. The smallest absolute Gasteiger partial charge is 0.253 e. The highest BCUT2D eigenvalue weighted by Gasteiger charge is 2.26. The summed E-state index contributed by atoms with van der Waals surface area (Å²) in [6.07, 6.45) is 3.63. The third-order valence-corrected chi connectivity index (χ3v) is 5.92. The molecule has 0 unspecified atom stereocenters. The van der Waals surface area contributed by atoms with Crippen molar-refractivity contribution in [3.8, 4) is 11.3 Å². The molecule has 30 heavy (non-hydrogen) atoms. The minimum absolute atomic E-state index is 0.0576. The zero-order valence-corrected chi connectivity index (χ0v) is 17.1. The number of carbonyl (C=O) groups excluding carboxylic acids is 1. The van der Waals surface area contributed by atoms with E-state index in [4.69, 9.17) is 16.6 Å². The predicted molar refractivity (Wildman–Crippen MR) is 119 cm³/mol. The molecule has 1 saturated heterocycles. The number of aromatic nitrogens is 3. The molecule has 5 nitrogen and oxygen atoms in total. The van der Waals surface area contributed by atoms with Gasteiger partial charge in [0, 0.05) is 40.9 Å². The van der Waals surface area contributed by atoms with Crippen LogP contribution in [0.1, 0.15) is 34.8 Å². The Morgan fingerprint density at radius 2 is 2.00 bits per heavy atom. The van der Waals surface area contributed by atoms with Crippen molar-refractivity contribution in [1.29, 1.82) is 0 Å². The van der Waals surface area contributed by atoms with Crippen LogP contribution >= 0.6 is 11.6 Å². The lowest BCUT2D eigenvalue weighted by molar-refractivity contribution is 0.0706. The number of amides is 1. The fourth-order valence-corrected chi connectivity index (χ4v) is 4.33. The van der Waals surface area contributed by atoms with Crippen molar-refractivity contribution in [2.24, 2.45) is 0 Å². The summed E-state index contributed by atoms with van der Waals surface area (Å²) >= 11 is 6.15. The molecule has 1 aliphatic rings. The monoisotopic (exact) mass is 416 g/mol. The van der Waals surface area contributed by atoms with E-state index in [1.54, 1.807) is 6.33 Å². The van der Waals surface area contributed by atoms with Gasteiger partial charge in [-0.3, -0.25) is 9.78 Å². The van der Waals surface area contributed by atoms with Gasteiger partial charge in [0.1, 0.15) is 0 Å². The Bertz CT molecular complexity index is 1220. The molecule has 0 bridgehead atoms. The number of fused-ring (bicyclic) bond motifs is 1. The zero-order valence-electron chi connectivity index (χ0n) is 16.4. The second-order valence-electron chi connectivity index (χ2n) is 7.68. The molecule has 1 atom stereocenters. The van der Waals surface area contributed by atoms with Crippen molar-refractivity contribution in [3.05, 3.63) is 83.3 Å². The summed E-state index contributed by atoms with van der Waals surface area (Å²) in [6.45, 7) is 1.44. The fraction of sp³-hybridized carbons (Fsp3) is 0.208. The Kier molecular flexibility index (Phi) is 4.97. The minimum Gasteiger partial charge on any atom is -0.345 e. The van der Waals surface area contributed by atoms with Crippen LogP contribution in [0.2, 0.25) is 5.02 Å². The van der Waals surface area contributed by atoms with Gasteiger partial charge in [-0.1, -0.05) is 29.8 Å². The molecule has 0 saturated carbocycles. The van der Waals surface area contributed by atoms with Gasteiger partial charge in [0.2, 0.25) is 0 Å². The number of piperidine rings is 1. The molecule has 5 rings (SSSR count). The Labute approximate surface area is 179 Å². The number of nitrogens with one attached hydrogen (secondary N) is 1. The predicted octanol–water partition coefficient (Wildman–Crippen LogP) is 5.30. The van der Waals surface area contributed by atoms with Crippen LogP contribution in [0.4, 0.5) is 0 Å². The number of hydrogen-bond acceptors (Lipinski definition) is 3. The maximum atomic E-state index is 13.1. The molecule has 0 spiro atoms. The van der Waals surface area contributed by atoms with Gasteiger partial charge in [-0.15, -0.1) is 0 Å². The number of aromatic amines is 1. The van der Waals surface area contributed by atoms with Crippen LogP contribution in [0.3, 0.4) is 0 Å². The summed E-state index contributed by atoms with van der Waals surface area (Å²) in [7, 11) is 0. The second kappa shape index (κ2) is 7.92. The Hall–Kier alpha value is -3.18. The van der Waals surface area contributed by atoms with E-state index in [-0.39, 0.29) is 11.8 Å². The highest BCUT2D eigenvalue weighted by molar-refractivity contribution is 6.30. The van der Waals surface area contributed by atoms with Gasteiger partial charge < -0.3 is 9.88 Å². The van der Waals surface area contributed by atoms with Crippen LogP contribution in [0.5, 0.6) is 0 Å². The van der Waals surface area contributed by atoms with Gasteiger partial charge in [0.15, 0.2) is 0 Å². The molecule has 1 aliphatic heterocycles. The standard InChI is InChI=1S/C24H21ClN4O/c25-19-6-1-4-16(12-19)20-7-2-8-21(28-20)18-5-3-11-29(14-18)24(30)17-9-10-22-23(13-17)27-15-26-22/h1-2,4,6-10,12-13,15,18H,3,5,11,14H2,(H,26,27)/t18-/m1/s1. The minimum atomic E-state index is 0.0576. The number of rotatable bonds is 3. The van der Waals surface area contributed by atoms with E-state index in [9.17, 15) is 4.79 Å². The van der Waals surface area contributed by atoms with E-state index >= 15 is 0 Å². The number of likely N-dealkylation sites (tertiary alicyclic amines) is 1. The normalized spacial score (nSPS) is 16.7. The molecule has 1 N–H and O–H groups in total. The first kappa shape index (κ1) is 18.8. The third-order valence-electron chi connectivity index (χ3n) is 5.69. The third kappa shape index (κ3) is 3.68. The van der Waals surface area contributed by atoms with Gasteiger partial charge in [-0.25, -0.2) is 4.98 Å². The number of pyridine rings is 1. The molecular weight excluding hydrogens is 396 g/mol. The van der Waals surface area contributed by atoms with E-state index in [1.165, 1.54) is 0 Å². The highest BCUT2D eigenvalue weighted by atomic mass is 35.5. The number of imidazole rings is 1. The van der Waals surface area contributed by atoms with Crippen molar-refractivity contribution in [2.75, 3.05) is 13.1 Å². The number of nitrogens with zero attached hydrogens (tertiary/aromatic N) is 3. The maximum absolute atomic E-state index is 13.1. The van der Waals surface area contributed by atoms with Crippen molar-refractivity contribution in [3.63, 3.8) is 0 Å². The van der Waals surface area contributed by atoms with Crippen LogP contribution < -0.4 is 0 Å². The van der Waals surface area contributed by atoms with Crippen LogP contribution in [-0.4, -0.2) is 38.8 Å². The van der Waals surface area contributed by atoms with Gasteiger partial charge in [0.25, 0.3) is 5.91 Å². The SMILES string of the molecule is O=C(c1ccc2nc[nH]c2c1)N1CCC[C@@H](c2cccc(-c3cccc(Cl)c3)n2)C1. The molecule has 4 aromatic rings. The topological polar surface area (TPSA) is 61.9 Å². The summed E-state index contributed by atoms with van der Waals surface area (Å²) in [5, 5.41) is 0.698. The highest BCUT2D eigenvalue weighted by Crippen LogP contribution is 2.29. The Balaban J connectivity index is 1.37. The largest absolute Gasteiger partial charge is 0.345 e. The molecule has 0 aliphatic carbocycles.